The van der Waals surface area contributed by atoms with Crippen LogP contribution in [0.25, 0.3) is 22.2 Å². The number of methoxy groups -OCH3 is 1. The van der Waals surface area contributed by atoms with E-state index in [1.807, 2.05) is 19.0 Å². The number of hydrogen-bond acceptors (Lipinski definition) is 5. The summed E-state index contributed by atoms with van der Waals surface area (Å²) in [5, 5.41) is 12.7. The van der Waals surface area contributed by atoms with Gasteiger partial charge in [0.25, 0.3) is 0 Å². The Morgan fingerprint density at radius 2 is 2.09 bits per heavy atom. The van der Waals surface area contributed by atoms with Gasteiger partial charge >= 0.3 is 0 Å². The Morgan fingerprint density at radius 1 is 1.36 bits per heavy atom. The number of fused-ring (bicyclic) bond motifs is 2. The molecule has 6 nitrogen and oxygen atoms in total. The molecule has 22 heavy (non-hydrogen) atoms. The van der Waals surface area contributed by atoms with Crippen LogP contribution >= 0.6 is 0 Å². The Balaban J connectivity index is 2.58. The normalized spacial score (nSPS) is 11.1. The molecule has 0 N–H and O–H groups in total. The smallest absolute Gasteiger partial charge is 0.199 e. The fraction of sp³-hybridized carbons (Fsp3) is 0.250. The van der Waals surface area contributed by atoms with E-state index in [4.69, 9.17) is 4.74 Å². The Labute approximate surface area is 127 Å². The van der Waals surface area contributed by atoms with E-state index in [0.29, 0.717) is 38.2 Å². The molecule has 0 bridgehead atoms. The van der Waals surface area contributed by atoms with Crippen molar-refractivity contribution in [3.8, 4) is 17.0 Å². The van der Waals surface area contributed by atoms with Crippen molar-refractivity contribution in [1.82, 2.24) is 9.71 Å². The van der Waals surface area contributed by atoms with Crippen molar-refractivity contribution in [2.75, 3.05) is 26.1 Å². The van der Waals surface area contributed by atoms with Crippen molar-refractivity contribution < 1.29 is 4.74 Å². The highest BCUT2D eigenvalue weighted by Crippen LogP contribution is 2.33. The van der Waals surface area contributed by atoms with E-state index >= 15 is 0 Å². The number of nitrogens with zero attached hydrogens (tertiary/aromatic N) is 3. The Kier molecular flexibility index (Phi) is 3.16. The molecule has 6 heteroatoms. The summed E-state index contributed by atoms with van der Waals surface area (Å²) >= 11 is 0. The Hall–Kier alpha value is -2.76. The van der Waals surface area contributed by atoms with Crippen LogP contribution in [0.15, 0.2) is 29.3 Å². The number of aromatic nitrogens is 2. The maximum absolute atomic E-state index is 13.0. The highest BCUT2D eigenvalue weighted by atomic mass is 16.5. The van der Waals surface area contributed by atoms with Gasteiger partial charge in [-0.2, -0.15) is 0 Å². The summed E-state index contributed by atoms with van der Waals surface area (Å²) in [7, 11) is 5.21. The number of benzene rings is 1. The standard InChI is InChI=1S/C16H16N3O3/c1-9-13(22-4)8-19(21)12-7-10-15(16(20)14(9)12)11(18(2)3)5-6-17-10/h5-8H,1-4H3/q-1. The van der Waals surface area contributed by atoms with Crippen LogP contribution in [-0.4, -0.2) is 30.9 Å². The van der Waals surface area contributed by atoms with Crippen LogP contribution in [-0.2, 0) is 0 Å². The topological polar surface area (TPSA) is 70.4 Å². The zero-order valence-corrected chi connectivity index (χ0v) is 12.9. The van der Waals surface area contributed by atoms with Gasteiger partial charge in [-0.25, -0.2) is 0 Å². The molecule has 0 atom stereocenters. The summed E-state index contributed by atoms with van der Waals surface area (Å²) in [5.74, 6) is 0.397. The van der Waals surface area contributed by atoms with E-state index < -0.39 is 0 Å². The predicted molar refractivity (Wildman–Crippen MR) is 87.0 cm³/mol. The van der Waals surface area contributed by atoms with Gasteiger partial charge in [0.2, 0.25) is 0 Å². The van der Waals surface area contributed by atoms with Gasteiger partial charge in [0, 0.05) is 37.7 Å². The fourth-order valence-electron chi connectivity index (χ4n) is 2.76. The highest BCUT2D eigenvalue weighted by Gasteiger charge is 2.20. The summed E-state index contributed by atoms with van der Waals surface area (Å²) in [6.45, 7) is 1.78. The molecule has 114 valence electrons. The van der Waals surface area contributed by atoms with E-state index in [-0.39, 0.29) is 5.43 Å². The lowest BCUT2D eigenvalue weighted by atomic mass is 9.98. The zero-order valence-electron chi connectivity index (χ0n) is 12.9. The second kappa shape index (κ2) is 4.91. The van der Waals surface area contributed by atoms with Crippen molar-refractivity contribution >= 4 is 16.6 Å². The minimum Gasteiger partial charge on any atom is -0.805 e. The van der Waals surface area contributed by atoms with Crippen LogP contribution in [0.4, 0.5) is 5.69 Å². The molecular weight excluding hydrogens is 282 g/mol. The van der Waals surface area contributed by atoms with Gasteiger partial charge in [0.05, 0.1) is 29.3 Å². The lowest BCUT2D eigenvalue weighted by molar-refractivity contribution is 0.408. The molecule has 2 aliphatic rings. The zero-order chi connectivity index (χ0) is 16.0. The van der Waals surface area contributed by atoms with Gasteiger partial charge < -0.3 is 19.6 Å². The van der Waals surface area contributed by atoms with Crippen molar-refractivity contribution in [3.05, 3.63) is 45.5 Å². The van der Waals surface area contributed by atoms with Gasteiger partial charge in [-0.1, -0.05) is 0 Å². The molecule has 2 heterocycles. The molecule has 3 rings (SSSR count). The quantitative estimate of drug-likeness (QED) is 0.678. The number of anilines is 1. The molecule has 0 aromatic carbocycles. The first-order valence-corrected chi connectivity index (χ1v) is 6.82. The van der Waals surface area contributed by atoms with Gasteiger partial charge in [-0.15, -0.1) is 0 Å². The second-order valence-electron chi connectivity index (χ2n) is 5.37. The van der Waals surface area contributed by atoms with Crippen LogP contribution in [0.5, 0.6) is 5.75 Å². The molecule has 0 fully saturated rings. The van der Waals surface area contributed by atoms with Gasteiger partial charge in [-0.05, 0) is 19.1 Å². The van der Waals surface area contributed by atoms with Crippen LogP contribution in [0, 0.1) is 12.1 Å². The molecular formula is C16H16N3O3-. The van der Waals surface area contributed by atoms with Crippen molar-refractivity contribution in [2.24, 2.45) is 0 Å². The second-order valence-corrected chi connectivity index (χ2v) is 5.37. The van der Waals surface area contributed by atoms with Gasteiger partial charge in [-0.3, -0.25) is 9.78 Å². The molecule has 0 amide bonds. The average Bonchev–Trinajstić information content (AvgIpc) is 2.49. The fourth-order valence-corrected chi connectivity index (χ4v) is 2.76. The Morgan fingerprint density at radius 3 is 2.73 bits per heavy atom. The summed E-state index contributed by atoms with van der Waals surface area (Å²) in [6, 6.07) is 3.44. The molecule has 0 saturated heterocycles. The summed E-state index contributed by atoms with van der Waals surface area (Å²) in [4.78, 5) is 19.1. The maximum atomic E-state index is 13.0. The van der Waals surface area contributed by atoms with E-state index in [1.165, 1.54) is 13.3 Å². The first-order chi connectivity index (χ1) is 10.5. The Bertz CT molecular complexity index is 899. The lowest BCUT2D eigenvalue weighted by Crippen LogP contribution is -2.18. The van der Waals surface area contributed by atoms with E-state index in [2.05, 4.69) is 4.98 Å². The van der Waals surface area contributed by atoms with Crippen molar-refractivity contribution in [2.45, 2.75) is 6.92 Å². The molecule has 1 aliphatic heterocycles. The third-order valence-corrected chi connectivity index (χ3v) is 3.86. The van der Waals surface area contributed by atoms with Gasteiger partial charge in [0.15, 0.2) is 5.43 Å². The monoisotopic (exact) mass is 298 g/mol. The summed E-state index contributed by atoms with van der Waals surface area (Å²) in [6.07, 6.45) is 2.97. The SMILES string of the molecule is COc1cn([O-])c2cc3nccc(N(C)C)c3c(=O)c-2c1C. The van der Waals surface area contributed by atoms with Crippen LogP contribution in [0.1, 0.15) is 5.56 Å². The summed E-state index contributed by atoms with van der Waals surface area (Å²) < 4.78 is 5.85. The molecule has 0 unspecified atom stereocenters. The van der Waals surface area contributed by atoms with Crippen LogP contribution < -0.4 is 15.1 Å². The number of pyridine rings is 2. The third kappa shape index (κ3) is 1.88. The van der Waals surface area contributed by atoms with Crippen molar-refractivity contribution in [3.63, 3.8) is 0 Å². The first kappa shape index (κ1) is 14.2. The van der Waals surface area contributed by atoms with E-state index in [0.717, 1.165) is 5.69 Å². The highest BCUT2D eigenvalue weighted by molar-refractivity contribution is 5.96. The average molecular weight is 298 g/mol. The molecule has 1 aromatic rings. The minimum absolute atomic E-state index is 0.203. The molecule has 1 aliphatic carbocycles. The number of hydrogen-bond donors (Lipinski definition) is 0. The maximum Gasteiger partial charge on any atom is 0.199 e. The third-order valence-electron chi connectivity index (χ3n) is 3.86. The van der Waals surface area contributed by atoms with Gasteiger partial charge in [0.1, 0.15) is 5.75 Å². The lowest BCUT2D eigenvalue weighted by Gasteiger charge is -2.24. The van der Waals surface area contributed by atoms with E-state index in [9.17, 15) is 10.0 Å². The molecule has 0 radical (unpaired) electrons. The number of ether oxygens (including phenoxy) is 1. The van der Waals surface area contributed by atoms with Crippen LogP contribution in [0.3, 0.4) is 0 Å². The molecule has 0 spiro atoms. The first-order valence-electron chi connectivity index (χ1n) is 6.82. The molecule has 0 saturated carbocycles. The minimum atomic E-state index is -0.203. The van der Waals surface area contributed by atoms with Crippen LogP contribution in [0.2, 0.25) is 0 Å². The summed E-state index contributed by atoms with van der Waals surface area (Å²) in [5.41, 5.74) is 2.42. The predicted octanol–water partition coefficient (Wildman–Crippen LogP) is 2.23. The molecule has 1 aromatic heterocycles. The number of rotatable bonds is 2. The largest absolute Gasteiger partial charge is 0.805 e. The van der Waals surface area contributed by atoms with Crippen molar-refractivity contribution in [1.29, 1.82) is 0 Å². The van der Waals surface area contributed by atoms with E-state index in [1.54, 1.807) is 25.3 Å².